The third-order valence-corrected chi connectivity index (χ3v) is 10.9. The molecule has 0 radical (unpaired) electrons. The van der Waals surface area contributed by atoms with Crippen molar-refractivity contribution >= 4 is 26.2 Å². The summed E-state index contributed by atoms with van der Waals surface area (Å²) in [6.07, 6.45) is 2.16. The second kappa shape index (κ2) is 8.43. The third kappa shape index (κ3) is 4.64. The molecule has 0 aromatic carbocycles. The molecule has 2 aliphatic rings. The molecule has 3 atom stereocenters. The Morgan fingerprint density at radius 1 is 1.14 bits per heavy atom. The van der Waals surface area contributed by atoms with E-state index in [2.05, 4.69) is 39.2 Å². The Morgan fingerprint density at radius 2 is 1.69 bits per heavy atom. The van der Waals surface area contributed by atoms with Gasteiger partial charge < -0.3 is 19.2 Å². The van der Waals surface area contributed by atoms with Gasteiger partial charge in [-0.2, -0.15) is 0 Å². The molecule has 2 rings (SSSR count). The summed E-state index contributed by atoms with van der Waals surface area (Å²) >= 11 is 0. The van der Waals surface area contributed by atoms with Gasteiger partial charge in [-0.25, -0.2) is 9.59 Å². The van der Waals surface area contributed by atoms with Gasteiger partial charge in [0.2, 0.25) is 5.91 Å². The van der Waals surface area contributed by atoms with Crippen LogP contribution in [-0.2, 0) is 28.3 Å². The number of hydrogen-bond donors (Lipinski definition) is 1. The maximum atomic E-state index is 12.4. The first-order valence-corrected chi connectivity index (χ1v) is 12.8. The molecule has 0 unspecified atom stereocenters. The number of rotatable bonds is 6. The van der Waals surface area contributed by atoms with Crippen LogP contribution in [0.25, 0.3) is 0 Å². The molecule has 0 spiro atoms. The summed E-state index contributed by atoms with van der Waals surface area (Å²) < 4.78 is 16.1. The van der Waals surface area contributed by atoms with E-state index in [9.17, 15) is 14.4 Å². The van der Waals surface area contributed by atoms with Gasteiger partial charge in [0, 0.05) is 6.42 Å². The lowest BCUT2D eigenvalue weighted by Crippen LogP contribution is -2.64. The van der Waals surface area contributed by atoms with Gasteiger partial charge in [-0.05, 0) is 37.0 Å². The Kier molecular flexibility index (Phi) is 6.79. The Balaban J connectivity index is 2.21. The number of carbonyl (C=O) groups excluding carboxylic acids is 3. The van der Waals surface area contributed by atoms with Crippen LogP contribution >= 0.6 is 0 Å². The summed E-state index contributed by atoms with van der Waals surface area (Å²) in [7, 11) is 0.532. The Morgan fingerprint density at radius 3 is 2.17 bits per heavy atom. The smallest absolute Gasteiger partial charge is 0.334 e. The van der Waals surface area contributed by atoms with Crippen LogP contribution in [0.15, 0.2) is 22.8 Å². The highest BCUT2D eigenvalue weighted by atomic mass is 28.4. The predicted molar refractivity (Wildman–Crippen MR) is 112 cm³/mol. The quantitative estimate of drug-likeness (QED) is 0.306. The van der Waals surface area contributed by atoms with Crippen molar-refractivity contribution < 1.29 is 28.3 Å². The van der Waals surface area contributed by atoms with E-state index in [0.29, 0.717) is 5.57 Å². The minimum absolute atomic E-state index is 0.0390. The zero-order chi connectivity index (χ0) is 22.1. The van der Waals surface area contributed by atoms with Crippen LogP contribution < -0.4 is 5.32 Å². The molecule has 1 amide bonds. The van der Waals surface area contributed by atoms with Gasteiger partial charge in [0.1, 0.15) is 0 Å². The van der Waals surface area contributed by atoms with Crippen molar-refractivity contribution in [3.8, 4) is 0 Å². The number of ether oxygens (including phenoxy) is 2. The molecular weight excluding hydrogens is 390 g/mol. The summed E-state index contributed by atoms with van der Waals surface area (Å²) in [5.41, 5.74) is 1.49. The standard InChI is InChI=1S/C21H33NO6Si/c1-12(28-29(7,8)21(2,3)4)16-17(22-18(16)23)13-9-10-14(19(24)26-5)15(11-13)20(25)27-6/h9,12,16-17H,10-11H2,1-8H3,(H,22,23)/t12-,16-,17-/m1/s1. The second-order valence-electron chi connectivity index (χ2n) is 9.20. The van der Waals surface area contributed by atoms with Gasteiger partial charge >= 0.3 is 11.9 Å². The largest absolute Gasteiger partial charge is 0.466 e. The van der Waals surface area contributed by atoms with Crippen LogP contribution in [0.4, 0.5) is 0 Å². The predicted octanol–water partition coefficient (Wildman–Crippen LogP) is 2.87. The number of esters is 2. The first kappa shape index (κ1) is 23.3. The van der Waals surface area contributed by atoms with E-state index in [0.717, 1.165) is 5.57 Å². The first-order valence-electron chi connectivity index (χ1n) is 9.89. The van der Waals surface area contributed by atoms with Crippen LogP contribution in [0.5, 0.6) is 0 Å². The highest BCUT2D eigenvalue weighted by Gasteiger charge is 2.49. The number of methoxy groups -OCH3 is 2. The van der Waals surface area contributed by atoms with Crippen LogP contribution in [-0.4, -0.2) is 52.5 Å². The Bertz CT molecular complexity index is 762. The van der Waals surface area contributed by atoms with Gasteiger partial charge in [-0.1, -0.05) is 26.8 Å². The monoisotopic (exact) mass is 423 g/mol. The fraction of sp³-hybridized carbons (Fsp3) is 0.667. The van der Waals surface area contributed by atoms with Crippen LogP contribution in [0, 0.1) is 5.92 Å². The zero-order valence-electron chi connectivity index (χ0n) is 18.7. The minimum Gasteiger partial charge on any atom is -0.466 e. The van der Waals surface area contributed by atoms with Crippen molar-refractivity contribution in [3.05, 3.63) is 22.8 Å². The summed E-state index contributed by atoms with van der Waals surface area (Å²) in [4.78, 5) is 36.6. The molecule has 0 bridgehead atoms. The summed E-state index contributed by atoms with van der Waals surface area (Å²) in [5, 5.41) is 2.98. The van der Waals surface area contributed by atoms with Crippen LogP contribution in [0.2, 0.25) is 18.1 Å². The number of carbonyl (C=O) groups is 3. The van der Waals surface area contributed by atoms with Gasteiger partial charge in [0.05, 0.1) is 43.4 Å². The normalized spacial score (nSPS) is 23.6. The molecule has 7 nitrogen and oxygen atoms in total. The summed E-state index contributed by atoms with van der Waals surface area (Å²) in [5.74, 6) is -1.47. The number of amides is 1. The average Bonchev–Trinajstić information content (AvgIpc) is 2.62. The molecule has 29 heavy (non-hydrogen) atoms. The van der Waals surface area contributed by atoms with Gasteiger partial charge in [0.25, 0.3) is 0 Å². The van der Waals surface area contributed by atoms with Gasteiger partial charge in [-0.3, -0.25) is 4.79 Å². The van der Waals surface area contributed by atoms with E-state index in [1.165, 1.54) is 14.2 Å². The molecule has 1 saturated heterocycles. The van der Waals surface area contributed by atoms with E-state index < -0.39 is 20.3 Å². The Hall–Kier alpha value is -1.93. The maximum Gasteiger partial charge on any atom is 0.334 e. The van der Waals surface area contributed by atoms with E-state index in [1.807, 2.05) is 13.0 Å². The van der Waals surface area contributed by atoms with Crippen LogP contribution in [0.3, 0.4) is 0 Å². The number of β-lactam (4-membered cyclic amide) rings is 1. The van der Waals surface area contributed by atoms with Crippen LogP contribution in [0.1, 0.15) is 40.5 Å². The SMILES string of the molecule is COC(=O)C1=C(C(=O)OC)CC([C@H]2NC(=O)[C@@H]2[C@@H](C)O[Si](C)(C)C(C)(C)C)=CC1. The Labute approximate surface area is 174 Å². The highest BCUT2D eigenvalue weighted by molar-refractivity contribution is 6.74. The lowest BCUT2D eigenvalue weighted by atomic mass is 9.76. The molecule has 1 aliphatic heterocycles. The summed E-state index contributed by atoms with van der Waals surface area (Å²) in [6.45, 7) is 12.8. The molecule has 0 aromatic heterocycles. The lowest BCUT2D eigenvalue weighted by Gasteiger charge is -2.46. The molecule has 1 fully saturated rings. The van der Waals surface area contributed by atoms with E-state index in [1.54, 1.807) is 0 Å². The van der Waals surface area contributed by atoms with E-state index in [4.69, 9.17) is 13.9 Å². The molecule has 162 valence electrons. The van der Waals surface area contributed by atoms with E-state index in [-0.39, 0.29) is 47.4 Å². The fourth-order valence-corrected chi connectivity index (χ4v) is 4.97. The first-order chi connectivity index (χ1) is 13.3. The number of hydrogen-bond acceptors (Lipinski definition) is 6. The highest BCUT2D eigenvalue weighted by Crippen LogP contribution is 2.40. The molecule has 1 aliphatic carbocycles. The van der Waals surface area contributed by atoms with Crippen molar-refractivity contribution in [1.29, 1.82) is 0 Å². The van der Waals surface area contributed by atoms with Crippen molar-refractivity contribution in [2.24, 2.45) is 5.92 Å². The topological polar surface area (TPSA) is 90.9 Å². The lowest BCUT2D eigenvalue weighted by molar-refractivity contribution is -0.140. The molecule has 1 N–H and O–H groups in total. The van der Waals surface area contributed by atoms with Crippen molar-refractivity contribution in [1.82, 2.24) is 5.32 Å². The average molecular weight is 424 g/mol. The van der Waals surface area contributed by atoms with Crippen molar-refractivity contribution in [2.45, 2.75) is 70.8 Å². The molecule has 0 aromatic rings. The third-order valence-electron chi connectivity index (χ3n) is 6.33. The second-order valence-corrected chi connectivity index (χ2v) is 14.0. The molecule has 1 heterocycles. The number of allylic oxidation sites excluding steroid dienone is 1. The maximum absolute atomic E-state index is 12.4. The number of nitrogens with one attached hydrogen (secondary N) is 1. The molecule has 0 saturated carbocycles. The minimum atomic E-state index is -2.03. The molecule has 8 heteroatoms. The zero-order valence-corrected chi connectivity index (χ0v) is 19.7. The van der Waals surface area contributed by atoms with Gasteiger partial charge in [0.15, 0.2) is 8.32 Å². The van der Waals surface area contributed by atoms with Crippen molar-refractivity contribution in [2.75, 3.05) is 14.2 Å². The van der Waals surface area contributed by atoms with E-state index >= 15 is 0 Å². The van der Waals surface area contributed by atoms with Crippen molar-refractivity contribution in [3.63, 3.8) is 0 Å². The molecular formula is C21H33NO6Si. The van der Waals surface area contributed by atoms with Gasteiger partial charge in [-0.15, -0.1) is 0 Å². The fourth-order valence-electron chi connectivity index (χ4n) is 3.54. The summed E-state index contributed by atoms with van der Waals surface area (Å²) in [6, 6.07) is -0.221.